The van der Waals surface area contributed by atoms with Crippen molar-refractivity contribution in [3.8, 4) is 11.5 Å². The average molecular weight is 332 g/mol. The number of benzene rings is 1. The number of hydrogen-bond donors (Lipinski definition) is 0. The largest absolute Gasteiger partial charge is 0.494 e. The molecule has 5 heteroatoms. The lowest BCUT2D eigenvalue weighted by Gasteiger charge is -2.29. The maximum absolute atomic E-state index is 12.6. The second-order valence-corrected chi connectivity index (χ2v) is 7.68. The second-order valence-electron chi connectivity index (χ2n) is 7.68. The Hall–Kier alpha value is -1.39. The van der Waals surface area contributed by atoms with Crippen LogP contribution in [0.25, 0.3) is 0 Å². The van der Waals surface area contributed by atoms with Crippen molar-refractivity contribution < 1.29 is 22.6 Å². The molecule has 0 spiro atoms. The summed E-state index contributed by atoms with van der Waals surface area (Å²) in [5.41, 5.74) is 0.920. The van der Waals surface area contributed by atoms with Crippen LogP contribution in [0.5, 0.6) is 11.5 Å². The fourth-order valence-electron chi connectivity index (χ4n) is 2.29. The summed E-state index contributed by atoms with van der Waals surface area (Å²) in [5.74, 6) is 0.965. The Morgan fingerprint density at radius 2 is 1.17 bits per heavy atom. The van der Waals surface area contributed by atoms with E-state index in [1.54, 1.807) is 6.07 Å². The first-order valence-electron chi connectivity index (χ1n) is 7.77. The van der Waals surface area contributed by atoms with Crippen LogP contribution in [0.4, 0.5) is 13.2 Å². The fourth-order valence-corrected chi connectivity index (χ4v) is 2.29. The summed E-state index contributed by atoms with van der Waals surface area (Å²) in [6, 6.07) is 3.51. The van der Waals surface area contributed by atoms with E-state index < -0.39 is 12.8 Å². The van der Waals surface area contributed by atoms with Gasteiger partial charge in [0, 0.05) is 11.1 Å². The lowest BCUT2D eigenvalue weighted by molar-refractivity contribution is -0.153. The molecule has 0 radical (unpaired) electrons. The van der Waals surface area contributed by atoms with E-state index in [1.807, 2.05) is 54.5 Å². The molecule has 1 aromatic rings. The SMILES string of the molecule is CCOc1cc(C(C)(C)C)c(OCC(F)(F)F)cc1C(C)(C)C. The van der Waals surface area contributed by atoms with Gasteiger partial charge in [-0.2, -0.15) is 13.2 Å². The van der Waals surface area contributed by atoms with Crippen molar-refractivity contribution in [2.45, 2.75) is 65.5 Å². The van der Waals surface area contributed by atoms with E-state index >= 15 is 0 Å². The van der Waals surface area contributed by atoms with Crippen LogP contribution in [0.3, 0.4) is 0 Å². The van der Waals surface area contributed by atoms with Crippen LogP contribution < -0.4 is 9.47 Å². The summed E-state index contributed by atoms with van der Waals surface area (Å²) in [7, 11) is 0. The zero-order chi connectivity index (χ0) is 18.1. The molecule has 0 fully saturated rings. The molecule has 0 aliphatic rings. The van der Waals surface area contributed by atoms with E-state index in [1.165, 1.54) is 0 Å². The van der Waals surface area contributed by atoms with E-state index in [9.17, 15) is 13.2 Å². The van der Waals surface area contributed by atoms with Crippen molar-refractivity contribution in [2.75, 3.05) is 13.2 Å². The van der Waals surface area contributed by atoms with Crippen molar-refractivity contribution >= 4 is 0 Å². The van der Waals surface area contributed by atoms with Crippen molar-refractivity contribution in [3.63, 3.8) is 0 Å². The van der Waals surface area contributed by atoms with Gasteiger partial charge in [0.05, 0.1) is 6.61 Å². The van der Waals surface area contributed by atoms with Gasteiger partial charge < -0.3 is 9.47 Å². The Kier molecular flexibility index (Phi) is 5.65. The highest BCUT2D eigenvalue weighted by atomic mass is 19.4. The van der Waals surface area contributed by atoms with Gasteiger partial charge in [0.25, 0.3) is 0 Å². The molecular weight excluding hydrogens is 305 g/mol. The van der Waals surface area contributed by atoms with E-state index in [-0.39, 0.29) is 16.6 Å². The molecule has 0 atom stereocenters. The van der Waals surface area contributed by atoms with Gasteiger partial charge in [0.1, 0.15) is 11.5 Å². The Morgan fingerprint density at radius 1 is 0.783 bits per heavy atom. The third-order valence-electron chi connectivity index (χ3n) is 3.39. The first kappa shape index (κ1) is 19.7. The van der Waals surface area contributed by atoms with Gasteiger partial charge in [0.2, 0.25) is 0 Å². The Balaban J connectivity index is 3.45. The molecule has 1 aromatic carbocycles. The summed E-state index contributed by atoms with van der Waals surface area (Å²) in [4.78, 5) is 0. The molecular formula is C18H27F3O2. The van der Waals surface area contributed by atoms with E-state index in [0.717, 1.165) is 5.56 Å². The molecule has 0 aromatic heterocycles. The molecule has 0 bridgehead atoms. The maximum Gasteiger partial charge on any atom is 0.422 e. The number of rotatable bonds is 4. The number of alkyl halides is 3. The summed E-state index contributed by atoms with van der Waals surface area (Å²) in [5, 5.41) is 0. The molecule has 0 saturated carbocycles. The van der Waals surface area contributed by atoms with Crippen LogP contribution in [0, 0.1) is 0 Å². The molecule has 0 aliphatic carbocycles. The second kappa shape index (κ2) is 6.62. The topological polar surface area (TPSA) is 18.5 Å². The smallest absolute Gasteiger partial charge is 0.422 e. The highest BCUT2D eigenvalue weighted by Crippen LogP contribution is 2.41. The molecule has 23 heavy (non-hydrogen) atoms. The van der Waals surface area contributed by atoms with Gasteiger partial charge in [-0.25, -0.2) is 0 Å². The first-order chi connectivity index (χ1) is 10.3. The predicted octanol–water partition coefficient (Wildman–Crippen LogP) is 5.62. The molecule has 0 aliphatic heterocycles. The third-order valence-corrected chi connectivity index (χ3v) is 3.39. The summed E-state index contributed by atoms with van der Waals surface area (Å²) < 4.78 is 48.5. The van der Waals surface area contributed by atoms with Gasteiger partial charge in [-0.1, -0.05) is 41.5 Å². The van der Waals surface area contributed by atoms with E-state index in [2.05, 4.69) is 0 Å². The van der Waals surface area contributed by atoms with Crippen LogP contribution >= 0.6 is 0 Å². The van der Waals surface area contributed by atoms with Crippen LogP contribution in [-0.4, -0.2) is 19.4 Å². The minimum Gasteiger partial charge on any atom is -0.494 e. The monoisotopic (exact) mass is 332 g/mol. The Morgan fingerprint density at radius 3 is 1.48 bits per heavy atom. The molecule has 0 N–H and O–H groups in total. The quantitative estimate of drug-likeness (QED) is 0.712. The predicted molar refractivity (Wildman–Crippen MR) is 86.6 cm³/mol. The normalized spacial score (nSPS) is 13.1. The van der Waals surface area contributed by atoms with Gasteiger partial charge in [-0.05, 0) is 29.9 Å². The number of halogens is 3. The first-order valence-corrected chi connectivity index (χ1v) is 7.77. The van der Waals surface area contributed by atoms with Crippen LogP contribution in [0.2, 0.25) is 0 Å². The van der Waals surface area contributed by atoms with Gasteiger partial charge in [-0.3, -0.25) is 0 Å². The molecule has 132 valence electrons. The molecule has 0 saturated heterocycles. The summed E-state index contributed by atoms with van der Waals surface area (Å²) >= 11 is 0. The average Bonchev–Trinajstić information content (AvgIpc) is 2.33. The van der Waals surface area contributed by atoms with Gasteiger partial charge in [0.15, 0.2) is 6.61 Å². The van der Waals surface area contributed by atoms with Gasteiger partial charge in [-0.15, -0.1) is 0 Å². The van der Waals surface area contributed by atoms with Gasteiger partial charge >= 0.3 is 6.18 Å². The van der Waals surface area contributed by atoms with E-state index in [0.29, 0.717) is 17.9 Å². The lowest BCUT2D eigenvalue weighted by Crippen LogP contribution is -2.23. The summed E-state index contributed by atoms with van der Waals surface area (Å²) in [6.07, 6.45) is -4.37. The molecule has 0 unspecified atom stereocenters. The number of hydrogen-bond acceptors (Lipinski definition) is 2. The zero-order valence-corrected chi connectivity index (χ0v) is 15.0. The Labute approximate surface area is 137 Å². The molecule has 0 heterocycles. The summed E-state index contributed by atoms with van der Waals surface area (Å²) in [6.45, 7) is 12.9. The minimum atomic E-state index is -4.37. The van der Waals surface area contributed by atoms with Crippen LogP contribution in [-0.2, 0) is 10.8 Å². The van der Waals surface area contributed by atoms with Crippen LogP contribution in [0.15, 0.2) is 12.1 Å². The molecule has 2 nitrogen and oxygen atoms in total. The van der Waals surface area contributed by atoms with Crippen LogP contribution in [0.1, 0.15) is 59.6 Å². The maximum atomic E-state index is 12.6. The number of ether oxygens (including phenoxy) is 2. The molecule has 1 rings (SSSR count). The minimum absolute atomic E-state index is 0.267. The zero-order valence-electron chi connectivity index (χ0n) is 15.0. The van der Waals surface area contributed by atoms with Crippen molar-refractivity contribution in [2.24, 2.45) is 0 Å². The highest BCUT2D eigenvalue weighted by Gasteiger charge is 2.31. The van der Waals surface area contributed by atoms with Crippen molar-refractivity contribution in [1.29, 1.82) is 0 Å². The van der Waals surface area contributed by atoms with Crippen molar-refractivity contribution in [1.82, 2.24) is 0 Å². The van der Waals surface area contributed by atoms with Crippen molar-refractivity contribution in [3.05, 3.63) is 23.3 Å². The lowest BCUT2D eigenvalue weighted by atomic mass is 9.81. The molecule has 0 amide bonds. The standard InChI is InChI=1S/C18H27F3O2/c1-8-22-14-9-13(17(5,6)7)15(23-11-18(19,20)21)10-12(14)16(2,3)4/h9-10H,8,11H2,1-7H3. The highest BCUT2D eigenvalue weighted by molar-refractivity contribution is 5.51. The third kappa shape index (κ3) is 5.63. The fraction of sp³-hybridized carbons (Fsp3) is 0.667. The Bertz CT molecular complexity index is 535. The van der Waals surface area contributed by atoms with E-state index in [4.69, 9.17) is 9.47 Å².